The molecule has 2 aromatic heterocycles. The zero-order valence-corrected chi connectivity index (χ0v) is 10.3. The van der Waals surface area contributed by atoms with Gasteiger partial charge in [0.25, 0.3) is 0 Å². The highest BCUT2D eigenvalue weighted by Gasteiger charge is 2.10. The third-order valence-electron chi connectivity index (χ3n) is 2.66. The molecule has 0 spiro atoms. The highest BCUT2D eigenvalue weighted by atomic mass is 32.1. The number of rotatable bonds is 2. The fourth-order valence-corrected chi connectivity index (χ4v) is 2.48. The van der Waals surface area contributed by atoms with E-state index < -0.39 is 0 Å². The smallest absolute Gasteiger partial charge is 0.307 e. The molecule has 1 aromatic carbocycles. The maximum atomic E-state index is 13.0. The number of halogens is 1. The first kappa shape index (κ1) is 11.2. The van der Waals surface area contributed by atoms with Crippen molar-refractivity contribution in [3.8, 4) is 0 Å². The Hall–Kier alpha value is -1.95. The maximum absolute atomic E-state index is 13.0. The summed E-state index contributed by atoms with van der Waals surface area (Å²) in [6, 6.07) is 4.17. The molecule has 0 saturated carbocycles. The van der Waals surface area contributed by atoms with E-state index in [9.17, 15) is 9.18 Å². The van der Waals surface area contributed by atoms with Gasteiger partial charge in [-0.05, 0) is 19.1 Å². The molecule has 2 heterocycles. The molecule has 0 aliphatic rings. The SMILES string of the molecule is Cc1csc(=O)n1Cc1nc2ccc(F)cc2o1. The van der Waals surface area contributed by atoms with Gasteiger partial charge in [0.1, 0.15) is 17.9 Å². The van der Waals surface area contributed by atoms with Crippen LogP contribution in [-0.2, 0) is 6.54 Å². The van der Waals surface area contributed by atoms with Crippen molar-refractivity contribution in [3.63, 3.8) is 0 Å². The zero-order chi connectivity index (χ0) is 12.7. The lowest BCUT2D eigenvalue weighted by Gasteiger charge is -1.98. The van der Waals surface area contributed by atoms with E-state index >= 15 is 0 Å². The van der Waals surface area contributed by atoms with Gasteiger partial charge in [-0.3, -0.25) is 9.36 Å². The molecule has 0 aliphatic heterocycles. The van der Waals surface area contributed by atoms with Crippen molar-refractivity contribution in [2.75, 3.05) is 0 Å². The van der Waals surface area contributed by atoms with Crippen LogP contribution in [-0.4, -0.2) is 9.55 Å². The van der Waals surface area contributed by atoms with Crippen LogP contribution in [0.4, 0.5) is 4.39 Å². The lowest BCUT2D eigenvalue weighted by atomic mass is 10.3. The average molecular weight is 264 g/mol. The van der Waals surface area contributed by atoms with Crippen molar-refractivity contribution in [3.05, 3.63) is 50.6 Å². The second-order valence-electron chi connectivity index (χ2n) is 3.95. The second kappa shape index (κ2) is 4.06. The second-order valence-corrected chi connectivity index (χ2v) is 4.77. The summed E-state index contributed by atoms with van der Waals surface area (Å²) in [5.41, 5.74) is 1.84. The first-order valence-corrected chi connectivity index (χ1v) is 6.21. The van der Waals surface area contributed by atoms with Crippen LogP contribution in [0.2, 0.25) is 0 Å². The van der Waals surface area contributed by atoms with Gasteiger partial charge < -0.3 is 4.42 Å². The summed E-state index contributed by atoms with van der Waals surface area (Å²) in [5, 5.41) is 1.78. The Bertz CT molecular complexity index is 772. The molecule has 0 fully saturated rings. The number of hydrogen-bond acceptors (Lipinski definition) is 4. The van der Waals surface area contributed by atoms with Gasteiger partial charge in [-0.25, -0.2) is 9.37 Å². The highest BCUT2D eigenvalue weighted by Crippen LogP contribution is 2.17. The molecule has 0 aliphatic carbocycles. The molecule has 3 aromatic rings. The Morgan fingerprint density at radius 1 is 1.50 bits per heavy atom. The van der Waals surface area contributed by atoms with Gasteiger partial charge in [-0.1, -0.05) is 11.3 Å². The van der Waals surface area contributed by atoms with E-state index in [1.165, 1.54) is 12.1 Å². The van der Waals surface area contributed by atoms with Crippen molar-refractivity contribution in [1.29, 1.82) is 0 Å². The van der Waals surface area contributed by atoms with Crippen LogP contribution in [0.25, 0.3) is 11.1 Å². The highest BCUT2D eigenvalue weighted by molar-refractivity contribution is 7.07. The Morgan fingerprint density at radius 3 is 3.06 bits per heavy atom. The molecular weight excluding hydrogens is 255 g/mol. The van der Waals surface area contributed by atoms with Crippen LogP contribution in [0.5, 0.6) is 0 Å². The molecule has 0 N–H and O–H groups in total. The quantitative estimate of drug-likeness (QED) is 0.714. The predicted molar refractivity (Wildman–Crippen MR) is 66.4 cm³/mol. The molecule has 3 rings (SSSR count). The van der Waals surface area contributed by atoms with Gasteiger partial charge in [-0.2, -0.15) is 0 Å². The fraction of sp³-hybridized carbons (Fsp3) is 0.167. The van der Waals surface area contributed by atoms with Crippen LogP contribution in [0.15, 0.2) is 32.8 Å². The van der Waals surface area contributed by atoms with E-state index in [0.717, 1.165) is 17.0 Å². The predicted octanol–water partition coefficient (Wildman–Crippen LogP) is 2.55. The normalized spacial score (nSPS) is 11.2. The molecule has 0 unspecified atom stereocenters. The number of nitrogens with zero attached hydrogens (tertiary/aromatic N) is 2. The van der Waals surface area contributed by atoms with Crippen LogP contribution >= 0.6 is 11.3 Å². The zero-order valence-electron chi connectivity index (χ0n) is 9.51. The Balaban J connectivity index is 2.03. The Morgan fingerprint density at radius 2 is 2.33 bits per heavy atom. The van der Waals surface area contributed by atoms with E-state index in [0.29, 0.717) is 17.0 Å². The van der Waals surface area contributed by atoms with E-state index in [-0.39, 0.29) is 17.2 Å². The summed E-state index contributed by atoms with van der Waals surface area (Å²) in [6.07, 6.45) is 0. The number of aryl methyl sites for hydroxylation is 1. The van der Waals surface area contributed by atoms with Crippen LogP contribution < -0.4 is 4.87 Å². The number of thiazole rings is 1. The number of fused-ring (bicyclic) bond motifs is 1. The molecule has 18 heavy (non-hydrogen) atoms. The van der Waals surface area contributed by atoms with Gasteiger partial charge in [0.2, 0.25) is 5.89 Å². The number of hydrogen-bond donors (Lipinski definition) is 0. The Labute approximate surface area is 105 Å². The van der Waals surface area contributed by atoms with E-state index in [4.69, 9.17) is 4.42 Å². The summed E-state index contributed by atoms with van der Waals surface area (Å²) in [4.78, 5) is 15.7. The molecule has 92 valence electrons. The average Bonchev–Trinajstić information content (AvgIpc) is 2.86. The van der Waals surface area contributed by atoms with Gasteiger partial charge >= 0.3 is 4.87 Å². The minimum absolute atomic E-state index is 0.0547. The van der Waals surface area contributed by atoms with E-state index in [1.807, 2.05) is 6.92 Å². The van der Waals surface area contributed by atoms with Crippen molar-refractivity contribution in [2.45, 2.75) is 13.5 Å². The number of benzene rings is 1. The summed E-state index contributed by atoms with van der Waals surface area (Å²) in [7, 11) is 0. The topological polar surface area (TPSA) is 48.0 Å². The van der Waals surface area contributed by atoms with Gasteiger partial charge in [0.05, 0.1) is 0 Å². The number of aromatic nitrogens is 2. The van der Waals surface area contributed by atoms with Crippen molar-refractivity contribution in [2.24, 2.45) is 0 Å². The van der Waals surface area contributed by atoms with Crippen LogP contribution in [0, 0.1) is 12.7 Å². The fourth-order valence-electron chi connectivity index (χ4n) is 1.75. The number of oxazole rings is 1. The molecule has 0 radical (unpaired) electrons. The first-order valence-electron chi connectivity index (χ1n) is 5.33. The monoisotopic (exact) mass is 264 g/mol. The molecule has 0 saturated heterocycles. The minimum Gasteiger partial charge on any atom is -0.439 e. The van der Waals surface area contributed by atoms with Gasteiger partial charge in [0.15, 0.2) is 5.58 Å². The van der Waals surface area contributed by atoms with Crippen LogP contribution in [0.3, 0.4) is 0 Å². The molecule has 0 bridgehead atoms. The van der Waals surface area contributed by atoms with E-state index in [2.05, 4.69) is 4.98 Å². The molecule has 0 amide bonds. The standard InChI is InChI=1S/C12H9FN2O2S/c1-7-6-18-12(16)15(7)5-11-14-9-3-2-8(13)4-10(9)17-11/h2-4,6H,5H2,1H3. The maximum Gasteiger partial charge on any atom is 0.307 e. The van der Waals surface area contributed by atoms with Crippen molar-refractivity contribution >= 4 is 22.4 Å². The molecule has 4 nitrogen and oxygen atoms in total. The third kappa shape index (κ3) is 1.84. The molecular formula is C12H9FN2O2S. The minimum atomic E-state index is -0.367. The lowest BCUT2D eigenvalue weighted by molar-refractivity contribution is 0.502. The lowest BCUT2D eigenvalue weighted by Crippen LogP contribution is -2.15. The largest absolute Gasteiger partial charge is 0.439 e. The van der Waals surface area contributed by atoms with Crippen molar-refractivity contribution in [1.82, 2.24) is 9.55 Å². The first-order chi connectivity index (χ1) is 8.63. The van der Waals surface area contributed by atoms with Crippen LogP contribution in [0.1, 0.15) is 11.6 Å². The summed E-state index contributed by atoms with van der Waals surface area (Å²) in [6.45, 7) is 2.12. The molecule has 0 atom stereocenters. The summed E-state index contributed by atoms with van der Waals surface area (Å²) >= 11 is 1.14. The third-order valence-corrected chi connectivity index (χ3v) is 3.55. The summed E-state index contributed by atoms with van der Waals surface area (Å²) < 4.78 is 20.0. The Kier molecular flexibility index (Phi) is 2.52. The summed E-state index contributed by atoms with van der Waals surface area (Å²) in [5.74, 6) is 0.0354. The van der Waals surface area contributed by atoms with Gasteiger partial charge in [-0.15, -0.1) is 0 Å². The van der Waals surface area contributed by atoms with Crippen molar-refractivity contribution < 1.29 is 8.81 Å². The van der Waals surface area contributed by atoms with Gasteiger partial charge in [0, 0.05) is 17.1 Å². The van der Waals surface area contributed by atoms with E-state index in [1.54, 1.807) is 16.0 Å². The molecule has 6 heteroatoms.